The summed E-state index contributed by atoms with van der Waals surface area (Å²) in [6.07, 6.45) is -2.30. The van der Waals surface area contributed by atoms with Crippen LogP contribution in [0, 0.1) is 0 Å². The fourth-order valence-corrected chi connectivity index (χ4v) is 1.80. The number of hydrogen-bond acceptors (Lipinski definition) is 7. The summed E-state index contributed by atoms with van der Waals surface area (Å²) in [5.74, 6) is -2.58. The zero-order valence-electron chi connectivity index (χ0n) is 7.96. The number of rotatable bonds is 2. The van der Waals surface area contributed by atoms with Crippen LogP contribution in [-0.2, 0) is 19.0 Å². The number of hydrogen-bond donors (Lipinski definition) is 3. The molecular formula is C8H13NO6. The Labute approximate surface area is 85.7 Å². The van der Waals surface area contributed by atoms with E-state index in [1.807, 2.05) is 0 Å². The van der Waals surface area contributed by atoms with Gasteiger partial charge in [-0.05, 0) is 0 Å². The number of carbonyl (C=O) groups is 1. The highest BCUT2D eigenvalue weighted by atomic mass is 16.7. The lowest BCUT2D eigenvalue weighted by molar-refractivity contribution is -0.236. The normalized spacial score (nSPS) is 44.1. The number of aliphatic hydroxyl groups is 2. The zero-order valence-corrected chi connectivity index (χ0v) is 7.96. The lowest BCUT2D eigenvalue weighted by atomic mass is 10.1. The zero-order chi connectivity index (χ0) is 11.1. The number of fused-ring (bicyclic) bond motifs is 1. The van der Waals surface area contributed by atoms with Gasteiger partial charge in [0.1, 0.15) is 18.8 Å². The summed E-state index contributed by atoms with van der Waals surface area (Å²) in [6.45, 7) is -0.495. The Morgan fingerprint density at radius 2 is 2.33 bits per heavy atom. The van der Waals surface area contributed by atoms with Crippen molar-refractivity contribution in [1.29, 1.82) is 0 Å². The second-order valence-corrected chi connectivity index (χ2v) is 3.62. The molecule has 2 rings (SSSR count). The first kappa shape index (κ1) is 10.8. The molecule has 4 N–H and O–H groups in total. The van der Waals surface area contributed by atoms with E-state index in [0.717, 1.165) is 0 Å². The first-order valence-electron chi connectivity index (χ1n) is 4.62. The molecule has 2 aliphatic rings. The molecule has 4 atom stereocenters. The van der Waals surface area contributed by atoms with Gasteiger partial charge in [-0.1, -0.05) is 0 Å². The summed E-state index contributed by atoms with van der Waals surface area (Å²) in [5.41, 5.74) is 5.06. The quantitative estimate of drug-likeness (QED) is 0.343. The molecule has 7 heteroatoms. The molecule has 2 saturated heterocycles. The molecule has 0 aromatic heterocycles. The lowest BCUT2D eigenvalue weighted by Gasteiger charge is -2.25. The summed E-state index contributed by atoms with van der Waals surface area (Å²) in [6, 6.07) is 0. The second-order valence-electron chi connectivity index (χ2n) is 3.62. The Kier molecular flexibility index (Phi) is 2.65. The van der Waals surface area contributed by atoms with Crippen LogP contribution in [0.15, 0.2) is 0 Å². The Morgan fingerprint density at radius 1 is 1.60 bits per heavy atom. The smallest absolute Gasteiger partial charge is 0.322 e. The maximum atomic E-state index is 11.0. The van der Waals surface area contributed by atoms with Gasteiger partial charge in [0.15, 0.2) is 6.10 Å². The number of aliphatic hydroxyl groups excluding tert-OH is 1. The Balaban J connectivity index is 2.07. The first-order chi connectivity index (χ1) is 7.07. The average Bonchev–Trinajstić information content (AvgIpc) is 2.71. The van der Waals surface area contributed by atoms with Crippen LogP contribution < -0.4 is 5.73 Å². The van der Waals surface area contributed by atoms with Gasteiger partial charge in [-0.15, -0.1) is 0 Å². The molecule has 0 unspecified atom stereocenters. The molecule has 86 valence electrons. The molecule has 0 radical (unpaired) electrons. The van der Waals surface area contributed by atoms with Gasteiger partial charge in [0.25, 0.3) is 5.79 Å². The highest BCUT2D eigenvalue weighted by molar-refractivity contribution is 5.71. The van der Waals surface area contributed by atoms with E-state index in [1.165, 1.54) is 0 Å². The highest BCUT2D eigenvalue weighted by Gasteiger charge is 2.58. The van der Waals surface area contributed by atoms with Crippen LogP contribution in [0.2, 0.25) is 0 Å². The molecule has 0 spiro atoms. The maximum Gasteiger partial charge on any atom is 0.322 e. The molecule has 0 aromatic carbocycles. The standard InChI is InChI=1S/C8H13NO6/c9-1-5(11)15-8(12)3-14-6-4(10)2-13-7(6)8/h4,6-7,10,12H,1-3,9H2/t4-,6-,7+,8+/m1/s1. The SMILES string of the molecule is NCC(=O)O[C@@]1(O)CO[C@@H]2[C@H](O)CO[C@@H]21. The van der Waals surface area contributed by atoms with Gasteiger partial charge < -0.3 is 30.2 Å². The van der Waals surface area contributed by atoms with Crippen LogP contribution in [0.1, 0.15) is 0 Å². The predicted octanol–water partition coefficient (Wildman–Crippen LogP) is -2.66. The van der Waals surface area contributed by atoms with E-state index in [2.05, 4.69) is 0 Å². The molecule has 0 bridgehead atoms. The van der Waals surface area contributed by atoms with E-state index in [1.54, 1.807) is 0 Å². The van der Waals surface area contributed by atoms with Gasteiger partial charge in [0, 0.05) is 0 Å². The predicted molar refractivity (Wildman–Crippen MR) is 45.6 cm³/mol. The topological polar surface area (TPSA) is 111 Å². The third-order valence-corrected chi connectivity index (χ3v) is 2.51. The number of carbonyl (C=O) groups excluding carboxylic acids is 1. The van der Waals surface area contributed by atoms with Crippen molar-refractivity contribution in [3.63, 3.8) is 0 Å². The van der Waals surface area contributed by atoms with Gasteiger partial charge in [-0.3, -0.25) is 4.79 Å². The molecule has 0 aromatic rings. The number of esters is 1. The third kappa shape index (κ3) is 1.72. The maximum absolute atomic E-state index is 11.0. The molecule has 0 aliphatic carbocycles. The van der Waals surface area contributed by atoms with Crippen LogP contribution >= 0.6 is 0 Å². The molecule has 2 fully saturated rings. The van der Waals surface area contributed by atoms with E-state index >= 15 is 0 Å². The van der Waals surface area contributed by atoms with Crippen molar-refractivity contribution in [2.45, 2.75) is 24.1 Å². The minimum absolute atomic E-state index is 0.0534. The van der Waals surface area contributed by atoms with E-state index in [4.69, 9.17) is 19.9 Å². The summed E-state index contributed by atoms with van der Waals surface area (Å²) >= 11 is 0. The van der Waals surface area contributed by atoms with Crippen molar-refractivity contribution >= 4 is 5.97 Å². The Hall–Kier alpha value is -0.730. The minimum Gasteiger partial charge on any atom is -0.427 e. The largest absolute Gasteiger partial charge is 0.427 e. The third-order valence-electron chi connectivity index (χ3n) is 2.51. The van der Waals surface area contributed by atoms with Crippen molar-refractivity contribution in [3.05, 3.63) is 0 Å². The highest BCUT2D eigenvalue weighted by Crippen LogP contribution is 2.34. The molecule has 2 heterocycles. The lowest BCUT2D eigenvalue weighted by Crippen LogP contribution is -2.48. The van der Waals surface area contributed by atoms with Gasteiger partial charge in [-0.25, -0.2) is 0 Å². The van der Waals surface area contributed by atoms with E-state index in [0.29, 0.717) is 0 Å². The minimum atomic E-state index is -1.83. The van der Waals surface area contributed by atoms with Crippen LogP contribution in [0.4, 0.5) is 0 Å². The van der Waals surface area contributed by atoms with E-state index in [9.17, 15) is 15.0 Å². The Bertz CT molecular complexity index is 272. The van der Waals surface area contributed by atoms with Crippen LogP contribution in [0.5, 0.6) is 0 Å². The van der Waals surface area contributed by atoms with Crippen LogP contribution in [0.3, 0.4) is 0 Å². The van der Waals surface area contributed by atoms with Crippen molar-refractivity contribution in [1.82, 2.24) is 0 Å². The molecular weight excluding hydrogens is 206 g/mol. The Morgan fingerprint density at radius 3 is 3.00 bits per heavy atom. The molecule has 2 aliphatic heterocycles. The first-order valence-corrected chi connectivity index (χ1v) is 4.62. The van der Waals surface area contributed by atoms with Gasteiger partial charge in [0.2, 0.25) is 0 Å². The fraction of sp³-hybridized carbons (Fsp3) is 0.875. The number of ether oxygens (including phenoxy) is 3. The molecule has 0 amide bonds. The number of nitrogens with two attached hydrogens (primary N) is 1. The summed E-state index contributed by atoms with van der Waals surface area (Å²) in [7, 11) is 0. The monoisotopic (exact) mass is 219 g/mol. The van der Waals surface area contributed by atoms with Gasteiger partial charge >= 0.3 is 5.97 Å². The fourth-order valence-electron chi connectivity index (χ4n) is 1.80. The van der Waals surface area contributed by atoms with Gasteiger partial charge in [-0.2, -0.15) is 0 Å². The summed E-state index contributed by atoms with van der Waals surface area (Å²) in [5, 5.41) is 19.3. The van der Waals surface area contributed by atoms with Crippen LogP contribution in [-0.4, -0.2) is 60.0 Å². The van der Waals surface area contributed by atoms with Crippen LogP contribution in [0.25, 0.3) is 0 Å². The van der Waals surface area contributed by atoms with E-state index in [-0.39, 0.29) is 19.8 Å². The van der Waals surface area contributed by atoms with Crippen molar-refractivity contribution in [2.75, 3.05) is 19.8 Å². The van der Waals surface area contributed by atoms with E-state index < -0.39 is 30.1 Å². The molecule has 0 saturated carbocycles. The molecule has 15 heavy (non-hydrogen) atoms. The average molecular weight is 219 g/mol. The second kappa shape index (κ2) is 3.69. The molecule has 7 nitrogen and oxygen atoms in total. The van der Waals surface area contributed by atoms with Crippen molar-refractivity contribution in [3.8, 4) is 0 Å². The van der Waals surface area contributed by atoms with Crippen molar-refractivity contribution in [2.24, 2.45) is 5.73 Å². The summed E-state index contributed by atoms with van der Waals surface area (Å²) < 4.78 is 15.0. The van der Waals surface area contributed by atoms with Gasteiger partial charge in [0.05, 0.1) is 13.2 Å². The van der Waals surface area contributed by atoms with Crippen molar-refractivity contribution < 1.29 is 29.2 Å². The summed E-state index contributed by atoms with van der Waals surface area (Å²) in [4.78, 5) is 11.0.